The lowest BCUT2D eigenvalue weighted by Gasteiger charge is -2.23. The van der Waals surface area contributed by atoms with Gasteiger partial charge in [-0.25, -0.2) is 13.8 Å². The highest BCUT2D eigenvalue weighted by Gasteiger charge is 2.29. The van der Waals surface area contributed by atoms with Gasteiger partial charge in [-0.2, -0.15) is 0 Å². The fourth-order valence-electron chi connectivity index (χ4n) is 4.20. The Morgan fingerprint density at radius 1 is 1.21 bits per heavy atom. The van der Waals surface area contributed by atoms with Gasteiger partial charge in [0.25, 0.3) is 11.5 Å². The number of fused-ring (bicyclic) bond motifs is 1. The molecule has 0 bridgehead atoms. The number of alkyl halides is 2. The predicted molar refractivity (Wildman–Crippen MR) is 107 cm³/mol. The average Bonchev–Trinajstić information content (AvgIpc) is 2.70. The van der Waals surface area contributed by atoms with Crippen LogP contribution in [0.25, 0.3) is 11.2 Å². The van der Waals surface area contributed by atoms with Crippen molar-refractivity contribution < 1.29 is 8.78 Å². The van der Waals surface area contributed by atoms with Crippen molar-refractivity contribution in [2.45, 2.75) is 64.3 Å². The van der Waals surface area contributed by atoms with Crippen LogP contribution in [0.3, 0.4) is 0 Å². The quantitative estimate of drug-likeness (QED) is 0.639. The van der Waals surface area contributed by atoms with E-state index in [2.05, 4.69) is 15.0 Å². The fourth-order valence-corrected chi connectivity index (χ4v) is 4.20. The second-order valence-corrected chi connectivity index (χ2v) is 7.93. The summed E-state index contributed by atoms with van der Waals surface area (Å²) in [6.07, 6.45) is 8.42. The second kappa shape index (κ2) is 7.61. The summed E-state index contributed by atoms with van der Waals surface area (Å²) < 4.78 is 29.7. The molecule has 0 amide bonds. The van der Waals surface area contributed by atoms with E-state index in [0.717, 1.165) is 32.6 Å². The van der Waals surface area contributed by atoms with Gasteiger partial charge < -0.3 is 0 Å². The van der Waals surface area contributed by atoms with E-state index in [4.69, 9.17) is 0 Å². The molecule has 3 heterocycles. The Balaban J connectivity index is 1.90. The van der Waals surface area contributed by atoms with Gasteiger partial charge in [0.1, 0.15) is 5.52 Å². The van der Waals surface area contributed by atoms with Crippen LogP contribution in [0.1, 0.15) is 67.5 Å². The molecule has 29 heavy (non-hydrogen) atoms. The Kier molecular flexibility index (Phi) is 5.15. The normalized spacial score (nSPS) is 15.7. The van der Waals surface area contributed by atoms with Crippen molar-refractivity contribution in [3.8, 4) is 0 Å². The highest BCUT2D eigenvalue weighted by Crippen LogP contribution is 2.32. The van der Waals surface area contributed by atoms with Crippen LogP contribution in [0.5, 0.6) is 0 Å². The molecule has 1 aliphatic carbocycles. The SMILES string of the molecule is Cc1cnc2cc(C3CCCCC3)c(=O)n(Cc3ncccc3C(C)(F)F)c2n1. The zero-order chi connectivity index (χ0) is 20.6. The summed E-state index contributed by atoms with van der Waals surface area (Å²) in [5.74, 6) is -2.88. The van der Waals surface area contributed by atoms with E-state index in [1.54, 1.807) is 13.1 Å². The number of aromatic nitrogens is 4. The van der Waals surface area contributed by atoms with E-state index in [1.165, 1.54) is 29.3 Å². The van der Waals surface area contributed by atoms with Gasteiger partial charge in [-0.05, 0) is 43.9 Å². The second-order valence-electron chi connectivity index (χ2n) is 7.93. The molecular weight excluding hydrogens is 374 g/mol. The molecule has 0 aliphatic heterocycles. The summed E-state index contributed by atoms with van der Waals surface area (Å²) in [5, 5.41) is 0. The summed E-state index contributed by atoms with van der Waals surface area (Å²) in [5.41, 5.74) is 2.20. The van der Waals surface area contributed by atoms with Gasteiger partial charge in [-0.15, -0.1) is 0 Å². The maximum atomic E-state index is 14.1. The van der Waals surface area contributed by atoms with Gasteiger partial charge >= 0.3 is 0 Å². The van der Waals surface area contributed by atoms with Gasteiger partial charge in [-0.3, -0.25) is 19.3 Å². The number of hydrogen-bond donors (Lipinski definition) is 0. The first-order valence-electron chi connectivity index (χ1n) is 10.0. The lowest BCUT2D eigenvalue weighted by molar-refractivity contribution is 0.0160. The van der Waals surface area contributed by atoms with Crippen molar-refractivity contribution in [2.24, 2.45) is 0 Å². The van der Waals surface area contributed by atoms with E-state index < -0.39 is 5.92 Å². The minimum atomic E-state index is -3.05. The molecule has 4 rings (SSSR count). The van der Waals surface area contributed by atoms with Crippen LogP contribution in [0.4, 0.5) is 8.78 Å². The molecule has 3 aromatic rings. The van der Waals surface area contributed by atoms with Gasteiger partial charge in [0.15, 0.2) is 5.65 Å². The van der Waals surface area contributed by atoms with Gasteiger partial charge in [0.2, 0.25) is 0 Å². The summed E-state index contributed by atoms with van der Waals surface area (Å²) in [6.45, 7) is 2.58. The molecular formula is C22H24F2N4O. The van der Waals surface area contributed by atoms with Crippen LogP contribution >= 0.6 is 0 Å². The molecule has 3 aromatic heterocycles. The molecule has 7 heteroatoms. The maximum absolute atomic E-state index is 14.1. The minimum Gasteiger partial charge on any atom is -0.285 e. The van der Waals surface area contributed by atoms with Crippen molar-refractivity contribution in [1.82, 2.24) is 19.5 Å². The Bertz CT molecular complexity index is 1100. The highest BCUT2D eigenvalue weighted by atomic mass is 19.3. The van der Waals surface area contributed by atoms with Gasteiger partial charge in [0, 0.05) is 30.4 Å². The Morgan fingerprint density at radius 2 is 1.97 bits per heavy atom. The van der Waals surface area contributed by atoms with Crippen LogP contribution in [-0.2, 0) is 12.5 Å². The molecule has 0 unspecified atom stereocenters. The number of aryl methyl sites for hydroxylation is 1. The first kappa shape index (κ1) is 19.6. The van der Waals surface area contributed by atoms with Crippen LogP contribution < -0.4 is 5.56 Å². The third-order valence-electron chi connectivity index (χ3n) is 5.66. The lowest BCUT2D eigenvalue weighted by Crippen LogP contribution is -2.29. The summed E-state index contributed by atoms with van der Waals surface area (Å²) in [7, 11) is 0. The van der Waals surface area contributed by atoms with Crippen LogP contribution in [0, 0.1) is 6.92 Å². The lowest BCUT2D eigenvalue weighted by atomic mass is 9.84. The smallest absolute Gasteiger partial charge is 0.272 e. The zero-order valence-electron chi connectivity index (χ0n) is 16.7. The molecule has 0 N–H and O–H groups in total. The monoisotopic (exact) mass is 398 g/mol. The van der Waals surface area contributed by atoms with E-state index in [9.17, 15) is 13.6 Å². The molecule has 0 radical (unpaired) electrons. The molecule has 1 fully saturated rings. The van der Waals surface area contributed by atoms with Crippen molar-refractivity contribution >= 4 is 11.2 Å². The molecule has 0 aromatic carbocycles. The molecule has 0 atom stereocenters. The van der Waals surface area contributed by atoms with Crippen molar-refractivity contribution in [1.29, 1.82) is 0 Å². The topological polar surface area (TPSA) is 60.7 Å². The molecule has 1 aliphatic rings. The Hall–Kier alpha value is -2.70. The van der Waals surface area contributed by atoms with Crippen molar-refractivity contribution in [3.63, 3.8) is 0 Å². The summed E-state index contributed by atoms with van der Waals surface area (Å²) >= 11 is 0. The minimum absolute atomic E-state index is 0.0619. The number of pyridine rings is 2. The average molecular weight is 398 g/mol. The maximum Gasteiger partial charge on any atom is 0.272 e. The van der Waals surface area contributed by atoms with Gasteiger partial charge in [0.05, 0.1) is 17.9 Å². The van der Waals surface area contributed by atoms with Gasteiger partial charge in [-0.1, -0.05) is 19.3 Å². The Morgan fingerprint density at radius 3 is 2.69 bits per heavy atom. The van der Waals surface area contributed by atoms with E-state index >= 15 is 0 Å². The van der Waals surface area contributed by atoms with E-state index in [0.29, 0.717) is 22.4 Å². The van der Waals surface area contributed by atoms with Crippen LogP contribution in [0.2, 0.25) is 0 Å². The van der Waals surface area contributed by atoms with Crippen LogP contribution in [-0.4, -0.2) is 19.5 Å². The summed E-state index contributed by atoms with van der Waals surface area (Å²) in [4.78, 5) is 26.6. The zero-order valence-corrected chi connectivity index (χ0v) is 16.7. The standard InChI is InChI=1S/C22H24F2N4O/c1-14-12-26-18-11-16(15-7-4-3-5-8-15)21(29)28(20(18)27-14)13-19-17(22(2,23)24)9-6-10-25-19/h6,9-12,15H,3-5,7-8,13H2,1-2H3. The number of rotatable bonds is 4. The molecule has 0 spiro atoms. The van der Waals surface area contributed by atoms with Crippen molar-refractivity contribution in [2.75, 3.05) is 0 Å². The first-order chi connectivity index (χ1) is 13.8. The highest BCUT2D eigenvalue weighted by molar-refractivity contribution is 5.71. The number of hydrogen-bond acceptors (Lipinski definition) is 4. The third-order valence-corrected chi connectivity index (χ3v) is 5.66. The number of nitrogens with zero attached hydrogens (tertiary/aromatic N) is 4. The molecule has 5 nitrogen and oxygen atoms in total. The first-order valence-corrected chi connectivity index (χ1v) is 10.0. The third kappa shape index (κ3) is 3.91. The van der Waals surface area contributed by atoms with Crippen molar-refractivity contribution in [3.05, 3.63) is 63.5 Å². The predicted octanol–water partition coefficient (Wildman–Crippen LogP) is 4.70. The molecule has 0 saturated heterocycles. The number of halogens is 2. The summed E-state index contributed by atoms with van der Waals surface area (Å²) in [6, 6.07) is 4.68. The molecule has 152 valence electrons. The Labute approximate surface area is 167 Å². The van der Waals surface area contributed by atoms with Crippen LogP contribution in [0.15, 0.2) is 35.4 Å². The fraction of sp³-hybridized carbons (Fsp3) is 0.455. The van der Waals surface area contributed by atoms with E-state index in [-0.39, 0.29) is 29.3 Å². The van der Waals surface area contributed by atoms with E-state index in [1.807, 2.05) is 6.07 Å². The molecule has 1 saturated carbocycles. The largest absolute Gasteiger partial charge is 0.285 e.